The van der Waals surface area contributed by atoms with Crippen molar-refractivity contribution in [3.05, 3.63) is 70.8 Å². The van der Waals surface area contributed by atoms with E-state index in [0.717, 1.165) is 55.0 Å². The number of carbonyl (C=O) groups excluding carboxylic acids is 2. The molecule has 0 heterocycles. The van der Waals surface area contributed by atoms with Gasteiger partial charge < -0.3 is 10.6 Å². The van der Waals surface area contributed by atoms with Crippen molar-refractivity contribution in [1.29, 1.82) is 0 Å². The largest absolute Gasteiger partial charge is 0.416 e. The van der Waals surface area contributed by atoms with Crippen molar-refractivity contribution >= 4 is 11.8 Å². The predicted octanol–water partition coefficient (Wildman–Crippen LogP) is 3.59. The number of hydrogen-bond acceptors (Lipinski definition) is 3. The summed E-state index contributed by atoms with van der Waals surface area (Å²) in [4.78, 5) is 26.4. The van der Waals surface area contributed by atoms with Crippen LogP contribution in [0.15, 0.2) is 48.5 Å². The lowest BCUT2D eigenvalue weighted by Crippen LogP contribution is -2.36. The zero-order chi connectivity index (χ0) is 22.1. The highest BCUT2D eigenvalue weighted by molar-refractivity contribution is 5.96. The van der Waals surface area contributed by atoms with Crippen molar-refractivity contribution < 1.29 is 22.8 Å². The lowest BCUT2D eigenvalue weighted by Gasteiger charge is -2.20. The predicted molar refractivity (Wildman–Crippen MR) is 109 cm³/mol. The number of alkyl halides is 3. The van der Waals surface area contributed by atoms with E-state index >= 15 is 0 Å². The van der Waals surface area contributed by atoms with E-state index in [4.69, 9.17) is 0 Å². The number of amides is 2. The Morgan fingerprint density at radius 2 is 1.50 bits per heavy atom. The summed E-state index contributed by atoms with van der Waals surface area (Å²) in [6, 6.07) is 11.7. The summed E-state index contributed by atoms with van der Waals surface area (Å²) in [5.41, 5.74) is 1.34. The minimum absolute atomic E-state index is 0.0559. The quantitative estimate of drug-likeness (QED) is 0.651. The maximum atomic E-state index is 12.6. The minimum Gasteiger partial charge on any atom is -0.350 e. The molecule has 0 fully saturated rings. The summed E-state index contributed by atoms with van der Waals surface area (Å²) in [5, 5.41) is 5.18. The number of benzene rings is 2. The van der Waals surface area contributed by atoms with Gasteiger partial charge in [0.25, 0.3) is 5.91 Å². The second kappa shape index (κ2) is 10.8. The SMILES string of the molecule is CCN(CC)Cc1ccccc1CNC(=O)CNC(=O)c1ccc(C(F)(F)F)cc1. The van der Waals surface area contributed by atoms with Gasteiger partial charge in [-0.1, -0.05) is 38.1 Å². The average molecular weight is 421 g/mol. The average Bonchev–Trinajstić information content (AvgIpc) is 2.74. The normalized spacial score (nSPS) is 11.4. The molecule has 0 radical (unpaired) electrons. The third kappa shape index (κ3) is 6.88. The lowest BCUT2D eigenvalue weighted by molar-refractivity contribution is -0.137. The van der Waals surface area contributed by atoms with Gasteiger partial charge in [-0.2, -0.15) is 13.2 Å². The Balaban J connectivity index is 1.86. The first-order valence-electron chi connectivity index (χ1n) is 9.75. The van der Waals surface area contributed by atoms with E-state index in [1.54, 1.807) is 0 Å². The number of carbonyl (C=O) groups is 2. The van der Waals surface area contributed by atoms with Crippen LogP contribution in [-0.4, -0.2) is 36.3 Å². The molecule has 0 aliphatic carbocycles. The third-order valence-corrected chi connectivity index (χ3v) is 4.77. The molecule has 5 nitrogen and oxygen atoms in total. The smallest absolute Gasteiger partial charge is 0.350 e. The van der Waals surface area contributed by atoms with E-state index in [2.05, 4.69) is 29.4 Å². The lowest BCUT2D eigenvalue weighted by atomic mass is 10.1. The summed E-state index contributed by atoms with van der Waals surface area (Å²) >= 11 is 0. The van der Waals surface area contributed by atoms with E-state index in [9.17, 15) is 22.8 Å². The molecule has 0 bridgehead atoms. The summed E-state index contributed by atoms with van der Waals surface area (Å²) in [5.74, 6) is -0.992. The zero-order valence-electron chi connectivity index (χ0n) is 17.1. The van der Waals surface area contributed by atoms with Crippen LogP contribution in [0.5, 0.6) is 0 Å². The molecule has 0 saturated heterocycles. The Morgan fingerprint density at radius 1 is 0.900 bits per heavy atom. The number of hydrogen-bond donors (Lipinski definition) is 2. The molecule has 0 spiro atoms. The van der Waals surface area contributed by atoms with Gasteiger partial charge in [0, 0.05) is 18.7 Å². The molecular weight excluding hydrogens is 395 g/mol. The molecule has 0 aliphatic heterocycles. The van der Waals surface area contributed by atoms with Crippen LogP contribution >= 0.6 is 0 Å². The summed E-state index contributed by atoms with van der Waals surface area (Å²) < 4.78 is 37.7. The van der Waals surface area contributed by atoms with Crippen LogP contribution in [0.2, 0.25) is 0 Å². The van der Waals surface area contributed by atoms with Crippen LogP contribution in [0.1, 0.15) is 40.9 Å². The van der Waals surface area contributed by atoms with Crippen LogP contribution in [-0.2, 0) is 24.1 Å². The fourth-order valence-electron chi connectivity index (χ4n) is 2.90. The van der Waals surface area contributed by atoms with E-state index in [1.165, 1.54) is 0 Å². The molecule has 0 saturated carbocycles. The first kappa shape index (κ1) is 23.4. The zero-order valence-corrected chi connectivity index (χ0v) is 17.1. The minimum atomic E-state index is -4.46. The molecule has 0 atom stereocenters. The fourth-order valence-corrected chi connectivity index (χ4v) is 2.90. The highest BCUT2D eigenvalue weighted by atomic mass is 19.4. The van der Waals surface area contributed by atoms with Gasteiger partial charge in [0.15, 0.2) is 0 Å². The molecule has 2 rings (SSSR count). The Labute approximate surface area is 174 Å². The van der Waals surface area contributed by atoms with Crippen molar-refractivity contribution in [2.24, 2.45) is 0 Å². The Kier molecular flexibility index (Phi) is 8.41. The molecule has 2 aromatic rings. The number of rotatable bonds is 9. The molecular formula is C22H26F3N3O2. The molecule has 0 aliphatic rings. The van der Waals surface area contributed by atoms with Crippen molar-refractivity contribution in [2.45, 2.75) is 33.1 Å². The highest BCUT2D eigenvalue weighted by Gasteiger charge is 2.30. The molecule has 2 N–H and O–H groups in total. The van der Waals surface area contributed by atoms with Crippen LogP contribution in [0, 0.1) is 0 Å². The van der Waals surface area contributed by atoms with Gasteiger partial charge in [-0.3, -0.25) is 14.5 Å². The van der Waals surface area contributed by atoms with E-state index < -0.39 is 17.6 Å². The van der Waals surface area contributed by atoms with Gasteiger partial charge in [-0.15, -0.1) is 0 Å². The summed E-state index contributed by atoms with van der Waals surface area (Å²) in [6.45, 7) is 6.87. The summed E-state index contributed by atoms with van der Waals surface area (Å²) in [6.07, 6.45) is -4.46. The molecule has 2 amide bonds. The maximum absolute atomic E-state index is 12.6. The topological polar surface area (TPSA) is 61.4 Å². The van der Waals surface area contributed by atoms with Gasteiger partial charge in [-0.05, 0) is 48.5 Å². The monoisotopic (exact) mass is 421 g/mol. The van der Waals surface area contributed by atoms with Crippen LogP contribution in [0.3, 0.4) is 0 Å². The van der Waals surface area contributed by atoms with E-state index in [-0.39, 0.29) is 18.0 Å². The van der Waals surface area contributed by atoms with Crippen LogP contribution in [0.4, 0.5) is 13.2 Å². The van der Waals surface area contributed by atoms with Crippen LogP contribution in [0.25, 0.3) is 0 Å². The van der Waals surface area contributed by atoms with Gasteiger partial charge in [-0.25, -0.2) is 0 Å². The molecule has 0 unspecified atom stereocenters. The second-order valence-electron chi connectivity index (χ2n) is 6.76. The van der Waals surface area contributed by atoms with Crippen LogP contribution < -0.4 is 10.6 Å². The van der Waals surface area contributed by atoms with Gasteiger partial charge >= 0.3 is 6.18 Å². The number of halogens is 3. The Morgan fingerprint density at radius 3 is 2.07 bits per heavy atom. The molecule has 8 heteroatoms. The van der Waals surface area contributed by atoms with Gasteiger partial charge in [0.05, 0.1) is 12.1 Å². The Bertz CT molecular complexity index is 847. The van der Waals surface area contributed by atoms with Gasteiger partial charge in [0.1, 0.15) is 0 Å². The van der Waals surface area contributed by atoms with Crippen molar-refractivity contribution in [3.8, 4) is 0 Å². The first-order chi connectivity index (χ1) is 14.2. The second-order valence-corrected chi connectivity index (χ2v) is 6.76. The third-order valence-electron chi connectivity index (χ3n) is 4.77. The van der Waals surface area contributed by atoms with E-state index in [0.29, 0.717) is 6.54 Å². The number of nitrogens with one attached hydrogen (secondary N) is 2. The highest BCUT2D eigenvalue weighted by Crippen LogP contribution is 2.29. The molecule has 2 aromatic carbocycles. The first-order valence-corrected chi connectivity index (χ1v) is 9.75. The van der Waals surface area contributed by atoms with Crippen molar-refractivity contribution in [2.75, 3.05) is 19.6 Å². The maximum Gasteiger partial charge on any atom is 0.416 e. The molecule has 0 aromatic heterocycles. The summed E-state index contributed by atoms with van der Waals surface area (Å²) in [7, 11) is 0. The van der Waals surface area contributed by atoms with Gasteiger partial charge in [0.2, 0.25) is 5.91 Å². The van der Waals surface area contributed by atoms with E-state index in [1.807, 2.05) is 24.3 Å². The standard InChI is InChI=1S/C22H26F3N3O2/c1-3-28(4-2)15-18-8-6-5-7-17(18)13-26-20(29)14-27-21(30)16-9-11-19(12-10-16)22(23,24)25/h5-12H,3-4,13-15H2,1-2H3,(H,26,29)(H,27,30). The molecule has 162 valence electrons. The van der Waals surface area contributed by atoms with Crippen molar-refractivity contribution in [3.63, 3.8) is 0 Å². The van der Waals surface area contributed by atoms with Crippen molar-refractivity contribution in [1.82, 2.24) is 15.5 Å². The molecule has 30 heavy (non-hydrogen) atoms. The fraction of sp³-hybridized carbons (Fsp3) is 0.364. The number of nitrogens with zero attached hydrogens (tertiary/aromatic N) is 1. The Hall–Kier alpha value is -2.87.